The van der Waals surface area contributed by atoms with Gasteiger partial charge in [-0.05, 0) is 67.5 Å². The van der Waals surface area contributed by atoms with Crippen molar-refractivity contribution in [3.05, 3.63) is 53.6 Å². The van der Waals surface area contributed by atoms with E-state index in [1.54, 1.807) is 22.5 Å². The van der Waals surface area contributed by atoms with Gasteiger partial charge in [0.15, 0.2) is 5.16 Å². The van der Waals surface area contributed by atoms with E-state index in [2.05, 4.69) is 6.92 Å². The van der Waals surface area contributed by atoms with E-state index in [1.807, 2.05) is 4.57 Å². The van der Waals surface area contributed by atoms with Crippen molar-refractivity contribution >= 4 is 32.8 Å². The molecule has 200 valence electrons. The van der Waals surface area contributed by atoms with Crippen molar-refractivity contribution in [2.24, 2.45) is 5.92 Å². The Balaban J connectivity index is 1.43. The van der Waals surface area contributed by atoms with E-state index >= 15 is 0 Å². The molecule has 5 rings (SSSR count). The van der Waals surface area contributed by atoms with Crippen molar-refractivity contribution in [2.45, 2.75) is 67.2 Å². The summed E-state index contributed by atoms with van der Waals surface area (Å²) in [5.41, 5.74) is 1.47. The number of sulfonamides is 1. The quantitative estimate of drug-likeness (QED) is 0.339. The first-order valence-electron chi connectivity index (χ1n) is 12.5. The summed E-state index contributed by atoms with van der Waals surface area (Å²) in [5.74, 6) is 0.759. The van der Waals surface area contributed by atoms with Gasteiger partial charge >= 0.3 is 6.18 Å². The first kappa shape index (κ1) is 26.5. The lowest BCUT2D eigenvalue weighted by Crippen LogP contribution is -2.39. The minimum atomic E-state index is -4.37. The van der Waals surface area contributed by atoms with Crippen LogP contribution in [0.2, 0.25) is 0 Å². The van der Waals surface area contributed by atoms with E-state index in [-0.39, 0.29) is 11.0 Å². The van der Waals surface area contributed by atoms with Crippen LogP contribution in [0.1, 0.15) is 43.7 Å². The summed E-state index contributed by atoms with van der Waals surface area (Å²) >= 11 is 1.42. The molecule has 1 aromatic heterocycles. The molecule has 2 aliphatic rings. The van der Waals surface area contributed by atoms with Crippen molar-refractivity contribution in [3.8, 4) is 0 Å². The third-order valence-electron chi connectivity index (χ3n) is 7.00. The molecule has 0 amide bonds. The molecule has 2 aliphatic heterocycles. The molecule has 0 spiro atoms. The molecule has 2 fully saturated rings. The zero-order valence-corrected chi connectivity index (χ0v) is 22.2. The number of alkyl halides is 3. The van der Waals surface area contributed by atoms with Gasteiger partial charge in [0.1, 0.15) is 0 Å². The first-order valence-corrected chi connectivity index (χ1v) is 14.9. The number of aromatic nitrogens is 2. The molecule has 2 atom stereocenters. The molecule has 0 radical (unpaired) electrons. The van der Waals surface area contributed by atoms with Crippen LogP contribution < -0.4 is 0 Å². The topological polar surface area (TPSA) is 64.4 Å². The summed E-state index contributed by atoms with van der Waals surface area (Å²) in [6, 6.07) is 10.2. The predicted molar refractivity (Wildman–Crippen MR) is 137 cm³/mol. The van der Waals surface area contributed by atoms with Crippen LogP contribution in [0.3, 0.4) is 0 Å². The van der Waals surface area contributed by atoms with Gasteiger partial charge in [-0.1, -0.05) is 30.8 Å². The number of piperidine rings is 1. The van der Waals surface area contributed by atoms with Crippen molar-refractivity contribution in [3.63, 3.8) is 0 Å². The van der Waals surface area contributed by atoms with Crippen molar-refractivity contribution in [1.29, 1.82) is 0 Å². The molecule has 0 bridgehead atoms. The second kappa shape index (κ2) is 10.6. The average molecular weight is 554 g/mol. The highest BCUT2D eigenvalue weighted by Gasteiger charge is 2.31. The minimum Gasteiger partial charge on any atom is -0.376 e. The Morgan fingerprint density at radius 1 is 1.11 bits per heavy atom. The highest BCUT2D eigenvalue weighted by atomic mass is 32.2. The first-order chi connectivity index (χ1) is 17.6. The molecule has 2 saturated heterocycles. The Bertz CT molecular complexity index is 1350. The van der Waals surface area contributed by atoms with Crippen molar-refractivity contribution in [2.75, 3.05) is 19.7 Å². The summed E-state index contributed by atoms with van der Waals surface area (Å²) in [7, 11) is -3.62. The van der Waals surface area contributed by atoms with Gasteiger partial charge in [-0.15, -0.1) is 0 Å². The smallest absolute Gasteiger partial charge is 0.376 e. The largest absolute Gasteiger partial charge is 0.416 e. The molecule has 37 heavy (non-hydrogen) atoms. The molecular weight excluding hydrogens is 523 g/mol. The van der Waals surface area contributed by atoms with Crippen molar-refractivity contribution in [1.82, 2.24) is 13.9 Å². The van der Waals surface area contributed by atoms with Crippen LogP contribution in [0.25, 0.3) is 11.0 Å². The Morgan fingerprint density at radius 3 is 2.57 bits per heavy atom. The lowest BCUT2D eigenvalue weighted by atomic mass is 10.0. The van der Waals surface area contributed by atoms with Gasteiger partial charge < -0.3 is 9.30 Å². The standard InChI is InChI=1S/C26H30F3N3O3S2/c1-18-4-2-12-31(15-18)37(33,34)22-10-11-24-23(14-22)30-25(32(24)16-21-5-3-13-35-21)36-17-19-6-8-20(9-7-19)26(27,28)29/h6-11,14,18,21H,2-5,12-13,15-17H2,1H3/t18-,21-/m1/s1. The van der Waals surface area contributed by atoms with Crippen LogP contribution >= 0.6 is 11.8 Å². The maximum absolute atomic E-state index is 13.3. The normalized spacial score (nSPS) is 21.6. The fraction of sp³-hybridized carbons (Fsp3) is 0.500. The van der Waals surface area contributed by atoms with Gasteiger partial charge in [0.25, 0.3) is 0 Å². The highest BCUT2D eigenvalue weighted by Crippen LogP contribution is 2.33. The van der Waals surface area contributed by atoms with Crippen LogP contribution in [0.5, 0.6) is 0 Å². The number of benzene rings is 2. The fourth-order valence-electron chi connectivity index (χ4n) is 4.98. The van der Waals surface area contributed by atoms with Gasteiger partial charge in [-0.25, -0.2) is 13.4 Å². The van der Waals surface area contributed by atoms with Gasteiger partial charge in [-0.3, -0.25) is 0 Å². The molecule has 0 aliphatic carbocycles. The Labute approximate surface area is 219 Å². The van der Waals surface area contributed by atoms with Crippen LogP contribution in [-0.4, -0.2) is 48.1 Å². The Kier molecular flexibility index (Phi) is 7.59. The average Bonchev–Trinajstić information content (AvgIpc) is 3.50. The molecule has 6 nitrogen and oxygen atoms in total. The van der Waals surface area contributed by atoms with Gasteiger partial charge in [0.2, 0.25) is 10.0 Å². The van der Waals surface area contributed by atoms with E-state index in [0.29, 0.717) is 48.6 Å². The van der Waals surface area contributed by atoms with E-state index in [0.717, 1.165) is 48.9 Å². The number of rotatable bonds is 7. The van der Waals surface area contributed by atoms with Crippen LogP contribution in [0, 0.1) is 5.92 Å². The lowest BCUT2D eigenvalue weighted by Gasteiger charge is -2.30. The molecule has 0 saturated carbocycles. The van der Waals surface area contributed by atoms with Crippen LogP contribution in [0.4, 0.5) is 13.2 Å². The molecule has 3 aromatic rings. The van der Waals surface area contributed by atoms with Crippen LogP contribution in [0.15, 0.2) is 52.5 Å². The molecule has 0 N–H and O–H groups in total. The number of fused-ring (bicyclic) bond motifs is 1. The summed E-state index contributed by atoms with van der Waals surface area (Å²) in [4.78, 5) is 5.00. The number of ether oxygens (including phenoxy) is 1. The van der Waals surface area contributed by atoms with E-state index in [4.69, 9.17) is 9.72 Å². The maximum Gasteiger partial charge on any atom is 0.416 e. The van der Waals surface area contributed by atoms with E-state index in [9.17, 15) is 21.6 Å². The fourth-order valence-corrected chi connectivity index (χ4v) is 7.58. The molecule has 0 unspecified atom stereocenters. The van der Waals surface area contributed by atoms with Crippen molar-refractivity contribution < 1.29 is 26.3 Å². The number of hydrogen-bond donors (Lipinski definition) is 0. The summed E-state index contributed by atoms with van der Waals surface area (Å²) in [6.07, 6.45) is -0.530. The minimum absolute atomic E-state index is 0.0427. The second-order valence-corrected chi connectivity index (χ2v) is 12.8. The number of thioether (sulfide) groups is 1. The maximum atomic E-state index is 13.3. The molecular formula is C26H30F3N3O3S2. The third-order valence-corrected chi connectivity index (χ3v) is 9.91. The molecule has 3 heterocycles. The Hall–Kier alpha value is -2.08. The van der Waals surface area contributed by atoms with Gasteiger partial charge in [0.05, 0.1) is 34.1 Å². The SMILES string of the molecule is C[C@@H]1CCCN(S(=O)(=O)c2ccc3c(c2)nc(SCc2ccc(C(F)(F)F)cc2)n3C[C@H]2CCCO2)C1. The Morgan fingerprint density at radius 2 is 1.89 bits per heavy atom. The zero-order valence-electron chi connectivity index (χ0n) is 20.6. The summed E-state index contributed by atoms with van der Waals surface area (Å²) < 4.78 is 74.9. The van der Waals surface area contributed by atoms with E-state index in [1.165, 1.54) is 23.9 Å². The lowest BCUT2D eigenvalue weighted by molar-refractivity contribution is -0.137. The van der Waals surface area contributed by atoms with Gasteiger partial charge in [0, 0.05) is 25.4 Å². The summed E-state index contributed by atoms with van der Waals surface area (Å²) in [6.45, 7) is 4.40. The molecule has 2 aromatic carbocycles. The van der Waals surface area contributed by atoms with Crippen LogP contribution in [-0.2, 0) is 33.2 Å². The number of imidazole rings is 1. The highest BCUT2D eigenvalue weighted by molar-refractivity contribution is 7.98. The summed E-state index contributed by atoms with van der Waals surface area (Å²) in [5, 5.41) is 0.687. The third kappa shape index (κ3) is 5.84. The number of hydrogen-bond acceptors (Lipinski definition) is 5. The zero-order chi connectivity index (χ0) is 26.2. The number of halogens is 3. The molecule has 11 heteroatoms. The van der Waals surface area contributed by atoms with E-state index < -0.39 is 21.8 Å². The monoisotopic (exact) mass is 553 g/mol. The number of nitrogens with zero attached hydrogens (tertiary/aromatic N) is 3. The predicted octanol–water partition coefficient (Wildman–Crippen LogP) is 5.95. The second-order valence-electron chi connectivity index (χ2n) is 9.88. The van der Waals surface area contributed by atoms with Gasteiger partial charge in [-0.2, -0.15) is 17.5 Å².